The number of aromatic amines is 1. The first-order valence-corrected chi connectivity index (χ1v) is 7.91. The number of ketones is 1. The average molecular weight is 329 g/mol. The van der Waals surface area contributed by atoms with Crippen LogP contribution in [-0.4, -0.2) is 23.8 Å². The summed E-state index contributed by atoms with van der Waals surface area (Å²) in [6.45, 7) is 0. The fourth-order valence-electron chi connectivity index (χ4n) is 3.04. The molecule has 1 N–H and O–H groups in total. The highest BCUT2D eigenvalue weighted by Crippen LogP contribution is 2.26. The van der Waals surface area contributed by atoms with Crippen LogP contribution in [0.5, 0.6) is 0 Å². The van der Waals surface area contributed by atoms with E-state index < -0.39 is 5.97 Å². The number of benzene rings is 3. The molecule has 0 saturated heterocycles. The standard InChI is InChI=1S/C21H15NO3/c1-25-21(24)15-8-6-14(7-9-15)20(23)19-12-17-16-5-3-2-4-13(16)10-11-18(17)22-19/h2-12,22H,1H3. The van der Waals surface area contributed by atoms with Crippen LogP contribution >= 0.6 is 0 Å². The fraction of sp³-hybridized carbons (Fsp3) is 0.0476. The topological polar surface area (TPSA) is 59.2 Å². The molecule has 25 heavy (non-hydrogen) atoms. The largest absolute Gasteiger partial charge is 0.465 e. The van der Waals surface area contributed by atoms with Gasteiger partial charge in [-0.3, -0.25) is 4.79 Å². The molecule has 4 nitrogen and oxygen atoms in total. The molecule has 0 atom stereocenters. The predicted octanol–water partition coefficient (Wildman–Crippen LogP) is 4.34. The van der Waals surface area contributed by atoms with Crippen LogP contribution in [0.2, 0.25) is 0 Å². The van der Waals surface area contributed by atoms with Gasteiger partial charge in [-0.25, -0.2) is 4.79 Å². The molecular formula is C21H15NO3. The summed E-state index contributed by atoms with van der Waals surface area (Å²) < 4.78 is 4.67. The highest BCUT2D eigenvalue weighted by Gasteiger charge is 2.14. The van der Waals surface area contributed by atoms with Gasteiger partial charge in [0.25, 0.3) is 0 Å². The Morgan fingerprint density at radius 3 is 2.32 bits per heavy atom. The van der Waals surface area contributed by atoms with Crippen molar-refractivity contribution < 1.29 is 14.3 Å². The lowest BCUT2D eigenvalue weighted by atomic mass is 10.0. The quantitative estimate of drug-likeness (QED) is 0.449. The number of hydrogen-bond donors (Lipinski definition) is 1. The van der Waals surface area contributed by atoms with Crippen LogP contribution in [0, 0.1) is 0 Å². The molecule has 0 aliphatic carbocycles. The Morgan fingerprint density at radius 2 is 1.56 bits per heavy atom. The molecule has 1 heterocycles. The maximum atomic E-state index is 12.8. The van der Waals surface area contributed by atoms with Gasteiger partial charge < -0.3 is 9.72 Å². The normalized spacial score (nSPS) is 10.9. The number of methoxy groups -OCH3 is 1. The van der Waals surface area contributed by atoms with Crippen molar-refractivity contribution in [1.29, 1.82) is 0 Å². The highest BCUT2D eigenvalue weighted by atomic mass is 16.5. The molecule has 0 bridgehead atoms. The zero-order chi connectivity index (χ0) is 17.4. The Balaban J connectivity index is 1.75. The zero-order valence-corrected chi connectivity index (χ0v) is 13.6. The molecule has 0 radical (unpaired) electrons. The van der Waals surface area contributed by atoms with E-state index in [-0.39, 0.29) is 5.78 Å². The van der Waals surface area contributed by atoms with Gasteiger partial charge in [0.15, 0.2) is 0 Å². The number of ether oxygens (including phenoxy) is 1. The minimum Gasteiger partial charge on any atom is -0.465 e. The van der Waals surface area contributed by atoms with E-state index >= 15 is 0 Å². The third kappa shape index (κ3) is 2.58. The maximum Gasteiger partial charge on any atom is 0.337 e. The summed E-state index contributed by atoms with van der Waals surface area (Å²) in [5.41, 5.74) is 2.38. The zero-order valence-electron chi connectivity index (χ0n) is 13.6. The van der Waals surface area contributed by atoms with Crippen molar-refractivity contribution >= 4 is 33.4 Å². The molecular weight excluding hydrogens is 314 g/mol. The van der Waals surface area contributed by atoms with Crippen LogP contribution in [0.15, 0.2) is 66.7 Å². The van der Waals surface area contributed by atoms with Crippen molar-refractivity contribution in [2.45, 2.75) is 0 Å². The second-order valence-electron chi connectivity index (χ2n) is 5.83. The lowest BCUT2D eigenvalue weighted by molar-refractivity contribution is 0.0600. The number of aromatic nitrogens is 1. The number of esters is 1. The molecule has 0 aliphatic heterocycles. The SMILES string of the molecule is COC(=O)c1ccc(C(=O)c2cc3c(ccc4ccccc43)[nH]2)cc1. The van der Waals surface area contributed by atoms with Gasteiger partial charge in [0.1, 0.15) is 0 Å². The first kappa shape index (κ1) is 15.1. The maximum absolute atomic E-state index is 12.8. The summed E-state index contributed by atoms with van der Waals surface area (Å²) in [4.78, 5) is 27.4. The van der Waals surface area contributed by atoms with Gasteiger partial charge >= 0.3 is 5.97 Å². The van der Waals surface area contributed by atoms with Gasteiger partial charge in [0, 0.05) is 16.5 Å². The number of hydrogen-bond acceptors (Lipinski definition) is 3. The van der Waals surface area contributed by atoms with Crippen LogP contribution in [-0.2, 0) is 4.74 Å². The Hall–Kier alpha value is -3.40. The molecule has 0 aliphatic rings. The Morgan fingerprint density at radius 1 is 0.840 bits per heavy atom. The first-order chi connectivity index (χ1) is 12.2. The number of nitrogens with one attached hydrogen (secondary N) is 1. The second-order valence-corrected chi connectivity index (χ2v) is 5.83. The first-order valence-electron chi connectivity index (χ1n) is 7.91. The molecule has 4 heteroatoms. The van der Waals surface area contributed by atoms with Crippen LogP contribution in [0.1, 0.15) is 26.4 Å². The van der Waals surface area contributed by atoms with Crippen molar-refractivity contribution in [1.82, 2.24) is 4.98 Å². The Bertz CT molecular complexity index is 1110. The number of H-pyrrole nitrogens is 1. The molecule has 0 saturated carbocycles. The summed E-state index contributed by atoms with van der Waals surface area (Å²) in [6, 6.07) is 20.4. The minimum absolute atomic E-state index is 0.114. The third-order valence-corrected chi connectivity index (χ3v) is 4.34. The van der Waals surface area contributed by atoms with Crippen molar-refractivity contribution in [2.75, 3.05) is 7.11 Å². The number of fused-ring (bicyclic) bond motifs is 3. The average Bonchev–Trinajstić information content (AvgIpc) is 3.11. The molecule has 4 aromatic rings. The third-order valence-electron chi connectivity index (χ3n) is 4.34. The number of rotatable bonds is 3. The van der Waals surface area contributed by atoms with Gasteiger partial charge in [0.05, 0.1) is 18.4 Å². The van der Waals surface area contributed by atoms with Gasteiger partial charge in [0.2, 0.25) is 5.78 Å². The molecule has 1 aromatic heterocycles. The summed E-state index contributed by atoms with van der Waals surface area (Å²) in [7, 11) is 1.33. The molecule has 3 aromatic carbocycles. The number of carbonyl (C=O) groups excluding carboxylic acids is 2. The van der Waals surface area contributed by atoms with Crippen LogP contribution < -0.4 is 0 Å². The predicted molar refractivity (Wildman–Crippen MR) is 97.0 cm³/mol. The van der Waals surface area contributed by atoms with E-state index in [2.05, 4.69) is 15.8 Å². The summed E-state index contributed by atoms with van der Waals surface area (Å²) in [5, 5.41) is 3.26. The monoisotopic (exact) mass is 329 g/mol. The van der Waals surface area contributed by atoms with Crippen molar-refractivity contribution in [3.8, 4) is 0 Å². The lowest BCUT2D eigenvalue weighted by Crippen LogP contribution is -2.04. The smallest absolute Gasteiger partial charge is 0.337 e. The summed E-state index contributed by atoms with van der Waals surface area (Å²) in [6.07, 6.45) is 0. The molecule has 0 spiro atoms. The van der Waals surface area contributed by atoms with Gasteiger partial charge in [-0.1, -0.05) is 42.5 Å². The van der Waals surface area contributed by atoms with Crippen molar-refractivity contribution in [2.24, 2.45) is 0 Å². The second kappa shape index (κ2) is 5.91. The van der Waals surface area contributed by atoms with Crippen LogP contribution in [0.4, 0.5) is 0 Å². The van der Waals surface area contributed by atoms with Gasteiger partial charge in [-0.15, -0.1) is 0 Å². The summed E-state index contributed by atoms with van der Waals surface area (Å²) >= 11 is 0. The summed E-state index contributed by atoms with van der Waals surface area (Å²) in [5.74, 6) is -0.534. The minimum atomic E-state index is -0.420. The number of carbonyl (C=O) groups is 2. The molecule has 0 fully saturated rings. The van der Waals surface area contributed by atoms with E-state index in [1.165, 1.54) is 7.11 Å². The van der Waals surface area contributed by atoms with Crippen LogP contribution in [0.25, 0.3) is 21.7 Å². The van der Waals surface area contributed by atoms with E-state index in [1.807, 2.05) is 36.4 Å². The Labute approximate surface area is 144 Å². The molecule has 122 valence electrons. The van der Waals surface area contributed by atoms with E-state index in [9.17, 15) is 9.59 Å². The van der Waals surface area contributed by atoms with Crippen molar-refractivity contribution in [3.05, 3.63) is 83.6 Å². The van der Waals surface area contributed by atoms with Crippen molar-refractivity contribution in [3.63, 3.8) is 0 Å². The van der Waals surface area contributed by atoms with E-state index in [1.54, 1.807) is 24.3 Å². The highest BCUT2D eigenvalue weighted by molar-refractivity contribution is 6.14. The molecule has 0 amide bonds. The fourth-order valence-corrected chi connectivity index (χ4v) is 3.04. The van der Waals surface area contributed by atoms with E-state index in [4.69, 9.17) is 0 Å². The van der Waals surface area contributed by atoms with Gasteiger partial charge in [-0.2, -0.15) is 0 Å². The lowest BCUT2D eigenvalue weighted by Gasteiger charge is -2.01. The van der Waals surface area contributed by atoms with Gasteiger partial charge in [-0.05, 0) is 35.0 Å². The van der Waals surface area contributed by atoms with E-state index in [0.29, 0.717) is 16.8 Å². The van der Waals surface area contributed by atoms with Crippen LogP contribution in [0.3, 0.4) is 0 Å². The van der Waals surface area contributed by atoms with E-state index in [0.717, 1.165) is 21.7 Å². The molecule has 4 rings (SSSR count). The Kier molecular flexibility index (Phi) is 3.58. The molecule has 0 unspecified atom stereocenters.